The van der Waals surface area contributed by atoms with Crippen molar-refractivity contribution in [3.63, 3.8) is 0 Å². The van der Waals surface area contributed by atoms with Gasteiger partial charge in [0.2, 0.25) is 0 Å². The number of halogens is 3. The van der Waals surface area contributed by atoms with Gasteiger partial charge in [-0.2, -0.15) is 0 Å². The molecule has 0 saturated carbocycles. The van der Waals surface area contributed by atoms with Gasteiger partial charge in [0, 0.05) is 14.5 Å². The number of carbonyl (C=O) groups is 1. The van der Waals surface area contributed by atoms with Crippen LogP contribution in [-0.2, 0) is 0 Å². The minimum absolute atomic E-state index is 0.194. The third kappa shape index (κ3) is 3.38. The van der Waals surface area contributed by atoms with Crippen LogP contribution in [0.3, 0.4) is 0 Å². The fraction of sp³-hybridized carbons (Fsp3) is 0.0714. The van der Waals surface area contributed by atoms with Crippen molar-refractivity contribution < 1.29 is 4.79 Å². The van der Waals surface area contributed by atoms with Crippen molar-refractivity contribution in [2.75, 3.05) is 5.32 Å². The van der Waals surface area contributed by atoms with Crippen molar-refractivity contribution in [1.29, 1.82) is 0 Å². The highest BCUT2D eigenvalue weighted by Crippen LogP contribution is 2.27. The number of hydrogen-bond acceptors (Lipinski definition) is 1. The quantitative estimate of drug-likeness (QED) is 0.712. The normalized spacial score (nSPS) is 10.3. The second-order valence-corrected chi connectivity index (χ2v) is 6.07. The lowest BCUT2D eigenvalue weighted by Gasteiger charge is -2.09. The van der Waals surface area contributed by atoms with Crippen LogP contribution in [0.15, 0.2) is 45.3 Å². The first kappa shape index (κ1) is 14.6. The molecule has 0 spiro atoms. The smallest absolute Gasteiger partial charge is 0.255 e. The number of benzene rings is 2. The van der Waals surface area contributed by atoms with E-state index in [1.54, 1.807) is 18.2 Å². The third-order valence-electron chi connectivity index (χ3n) is 2.62. The second-order valence-electron chi connectivity index (χ2n) is 4.02. The number of hydrogen-bond donors (Lipinski definition) is 1. The molecule has 0 aliphatic carbocycles. The first-order valence-electron chi connectivity index (χ1n) is 5.50. The lowest BCUT2D eigenvalue weighted by molar-refractivity contribution is 0.102. The van der Waals surface area contributed by atoms with Gasteiger partial charge in [-0.1, -0.05) is 23.7 Å². The number of rotatable bonds is 2. The lowest BCUT2D eigenvalue weighted by Crippen LogP contribution is -2.12. The van der Waals surface area contributed by atoms with Crippen LogP contribution in [0.5, 0.6) is 0 Å². The Balaban J connectivity index is 2.26. The zero-order valence-corrected chi connectivity index (χ0v) is 13.9. The van der Waals surface area contributed by atoms with Crippen LogP contribution < -0.4 is 5.32 Å². The van der Waals surface area contributed by atoms with Crippen LogP contribution in [0.1, 0.15) is 15.9 Å². The standard InChI is InChI=1S/C14H10Br2ClNO/c1-8-3-2-4-12(13(8)16)18-14(19)9-5-6-10(15)11(17)7-9/h2-7H,1H3,(H,18,19). The van der Waals surface area contributed by atoms with E-state index < -0.39 is 0 Å². The minimum Gasteiger partial charge on any atom is -0.321 e. The van der Waals surface area contributed by atoms with Gasteiger partial charge in [-0.05, 0) is 68.6 Å². The number of aryl methyl sites for hydroxylation is 1. The largest absolute Gasteiger partial charge is 0.321 e. The van der Waals surface area contributed by atoms with Crippen molar-refractivity contribution >= 4 is 55.1 Å². The molecule has 2 aromatic rings. The summed E-state index contributed by atoms with van der Waals surface area (Å²) < 4.78 is 1.65. The van der Waals surface area contributed by atoms with Crippen LogP contribution in [0.25, 0.3) is 0 Å². The summed E-state index contributed by atoms with van der Waals surface area (Å²) in [6.45, 7) is 1.97. The summed E-state index contributed by atoms with van der Waals surface area (Å²) in [6, 6.07) is 10.8. The Labute approximate surface area is 133 Å². The fourth-order valence-corrected chi connectivity index (χ4v) is 2.37. The molecule has 1 N–H and O–H groups in total. The second kappa shape index (κ2) is 6.07. The highest BCUT2D eigenvalue weighted by atomic mass is 79.9. The van der Waals surface area contributed by atoms with Gasteiger partial charge in [0.15, 0.2) is 0 Å². The van der Waals surface area contributed by atoms with E-state index >= 15 is 0 Å². The average Bonchev–Trinajstić information content (AvgIpc) is 2.38. The maximum Gasteiger partial charge on any atom is 0.255 e. The average molecular weight is 404 g/mol. The zero-order chi connectivity index (χ0) is 14.0. The Morgan fingerprint density at radius 3 is 2.63 bits per heavy atom. The summed E-state index contributed by atoms with van der Waals surface area (Å²) in [5.74, 6) is -0.194. The van der Waals surface area contributed by atoms with Crippen molar-refractivity contribution in [3.8, 4) is 0 Å². The summed E-state index contributed by atoms with van der Waals surface area (Å²) in [5.41, 5.74) is 2.32. The molecular formula is C14H10Br2ClNO. The molecule has 0 aliphatic rings. The van der Waals surface area contributed by atoms with Gasteiger partial charge in [0.1, 0.15) is 0 Å². The van der Waals surface area contributed by atoms with Gasteiger partial charge < -0.3 is 5.32 Å². The van der Waals surface area contributed by atoms with Gasteiger partial charge in [0.05, 0.1) is 10.7 Å². The molecule has 5 heteroatoms. The topological polar surface area (TPSA) is 29.1 Å². The van der Waals surface area contributed by atoms with Gasteiger partial charge in [0.25, 0.3) is 5.91 Å². The Morgan fingerprint density at radius 2 is 1.95 bits per heavy atom. The molecule has 2 nitrogen and oxygen atoms in total. The van der Waals surface area contributed by atoms with Gasteiger partial charge in [-0.15, -0.1) is 0 Å². The maximum atomic E-state index is 12.1. The molecule has 0 bridgehead atoms. The SMILES string of the molecule is Cc1cccc(NC(=O)c2ccc(Br)c(Cl)c2)c1Br. The first-order chi connectivity index (χ1) is 8.99. The van der Waals surface area contributed by atoms with Crippen LogP contribution in [0.2, 0.25) is 5.02 Å². The number of amides is 1. The van der Waals surface area contributed by atoms with Crippen LogP contribution in [-0.4, -0.2) is 5.91 Å². The van der Waals surface area contributed by atoms with Crippen molar-refractivity contribution in [1.82, 2.24) is 0 Å². The maximum absolute atomic E-state index is 12.1. The molecule has 0 fully saturated rings. The number of nitrogens with one attached hydrogen (secondary N) is 1. The molecule has 0 aromatic heterocycles. The summed E-state index contributed by atoms with van der Waals surface area (Å²) in [4.78, 5) is 12.1. The predicted octanol–water partition coefficient (Wildman–Crippen LogP) is 5.43. The molecule has 0 heterocycles. The molecular weight excluding hydrogens is 393 g/mol. The minimum atomic E-state index is -0.194. The molecule has 0 aliphatic heterocycles. The number of anilines is 1. The van der Waals surface area contributed by atoms with Gasteiger partial charge >= 0.3 is 0 Å². The van der Waals surface area contributed by atoms with E-state index in [-0.39, 0.29) is 5.91 Å². The van der Waals surface area contributed by atoms with E-state index in [1.807, 2.05) is 25.1 Å². The monoisotopic (exact) mass is 401 g/mol. The molecule has 0 saturated heterocycles. The zero-order valence-electron chi connectivity index (χ0n) is 10.0. The molecule has 98 valence electrons. The first-order valence-corrected chi connectivity index (χ1v) is 7.47. The van der Waals surface area contributed by atoms with Crippen molar-refractivity contribution in [2.45, 2.75) is 6.92 Å². The predicted molar refractivity (Wildman–Crippen MR) is 86.0 cm³/mol. The Bertz CT molecular complexity index is 643. The number of carbonyl (C=O) groups excluding carboxylic acids is 1. The Hall–Kier alpha value is -0.840. The fourth-order valence-electron chi connectivity index (χ4n) is 1.58. The van der Waals surface area contributed by atoms with E-state index in [0.717, 1.165) is 20.2 Å². The molecule has 19 heavy (non-hydrogen) atoms. The molecule has 1 amide bonds. The van der Waals surface area contributed by atoms with E-state index in [0.29, 0.717) is 10.6 Å². The van der Waals surface area contributed by atoms with Gasteiger partial charge in [-0.25, -0.2) is 0 Å². The molecule has 2 aromatic carbocycles. The molecule has 0 unspecified atom stereocenters. The Morgan fingerprint density at radius 1 is 1.21 bits per heavy atom. The third-order valence-corrected chi connectivity index (χ3v) is 4.91. The molecule has 0 atom stereocenters. The van der Waals surface area contributed by atoms with Crippen LogP contribution >= 0.6 is 43.5 Å². The summed E-state index contributed by atoms with van der Waals surface area (Å²) in [5, 5.41) is 3.36. The van der Waals surface area contributed by atoms with Crippen LogP contribution in [0, 0.1) is 6.92 Å². The molecule has 2 rings (SSSR count). The van der Waals surface area contributed by atoms with E-state index in [9.17, 15) is 4.79 Å². The van der Waals surface area contributed by atoms with E-state index in [1.165, 1.54) is 0 Å². The summed E-state index contributed by atoms with van der Waals surface area (Å²) >= 11 is 12.7. The van der Waals surface area contributed by atoms with E-state index in [2.05, 4.69) is 37.2 Å². The van der Waals surface area contributed by atoms with Crippen LogP contribution in [0.4, 0.5) is 5.69 Å². The van der Waals surface area contributed by atoms with Crippen molar-refractivity contribution in [2.24, 2.45) is 0 Å². The summed E-state index contributed by atoms with van der Waals surface area (Å²) in [6.07, 6.45) is 0. The molecule has 0 radical (unpaired) electrons. The van der Waals surface area contributed by atoms with Crippen molar-refractivity contribution in [3.05, 3.63) is 61.5 Å². The lowest BCUT2D eigenvalue weighted by atomic mass is 10.2. The summed E-state index contributed by atoms with van der Waals surface area (Å²) in [7, 11) is 0. The van der Waals surface area contributed by atoms with Gasteiger partial charge in [-0.3, -0.25) is 4.79 Å². The highest BCUT2D eigenvalue weighted by Gasteiger charge is 2.10. The Kier molecular flexibility index (Phi) is 4.66. The van der Waals surface area contributed by atoms with E-state index in [4.69, 9.17) is 11.6 Å². The highest BCUT2D eigenvalue weighted by molar-refractivity contribution is 9.11.